The lowest BCUT2D eigenvalue weighted by molar-refractivity contribution is -0.139. The van der Waals surface area contributed by atoms with Crippen molar-refractivity contribution in [3.05, 3.63) is 70.8 Å². The molecule has 5 nitrogen and oxygen atoms in total. The highest BCUT2D eigenvalue weighted by Crippen LogP contribution is 2.29. The molecule has 2 atom stereocenters. The van der Waals surface area contributed by atoms with E-state index in [1.807, 2.05) is 48.5 Å². The summed E-state index contributed by atoms with van der Waals surface area (Å²) in [6, 6.07) is 14.9. The monoisotopic (exact) mass is 381 g/mol. The smallest absolute Gasteiger partial charge is 0.305 e. The van der Waals surface area contributed by atoms with Crippen LogP contribution < -0.4 is 5.32 Å². The second kappa shape index (κ2) is 8.15. The summed E-state index contributed by atoms with van der Waals surface area (Å²) in [4.78, 5) is 24.3. The minimum Gasteiger partial charge on any atom is -0.481 e. The molecule has 148 valence electrons. The number of hydrogen-bond acceptors (Lipinski definition) is 3. The summed E-state index contributed by atoms with van der Waals surface area (Å²) in [7, 11) is 0. The zero-order valence-corrected chi connectivity index (χ0v) is 16.6. The van der Waals surface area contributed by atoms with Crippen molar-refractivity contribution in [1.29, 1.82) is 0 Å². The van der Waals surface area contributed by atoms with Gasteiger partial charge in [0.25, 0.3) is 5.91 Å². The van der Waals surface area contributed by atoms with Crippen molar-refractivity contribution in [2.75, 3.05) is 6.61 Å². The maximum Gasteiger partial charge on any atom is 0.305 e. The molecule has 0 unspecified atom stereocenters. The second-order valence-corrected chi connectivity index (χ2v) is 8.23. The van der Waals surface area contributed by atoms with Gasteiger partial charge in [-0.2, -0.15) is 0 Å². The van der Waals surface area contributed by atoms with E-state index in [0.717, 1.165) is 28.7 Å². The average molecular weight is 381 g/mol. The largest absolute Gasteiger partial charge is 0.481 e. The molecular weight excluding hydrogens is 354 g/mol. The molecule has 0 bridgehead atoms. The molecule has 0 radical (unpaired) electrons. The van der Waals surface area contributed by atoms with Gasteiger partial charge in [0.1, 0.15) is 0 Å². The zero-order valence-electron chi connectivity index (χ0n) is 16.6. The second-order valence-electron chi connectivity index (χ2n) is 8.23. The van der Waals surface area contributed by atoms with Gasteiger partial charge < -0.3 is 15.2 Å². The summed E-state index contributed by atoms with van der Waals surface area (Å²) in [5.74, 6) is -1.27. The number of amides is 1. The van der Waals surface area contributed by atoms with Crippen LogP contribution in [0.1, 0.15) is 61.6 Å². The van der Waals surface area contributed by atoms with E-state index in [0.29, 0.717) is 6.61 Å². The number of nitrogens with one attached hydrogen (secondary N) is 1. The Hall–Kier alpha value is -2.66. The SMILES string of the molecule is CC(C)(C)c1ccc([C@@H](CC(=O)O)NC(=O)[C@H]2OCCc3ccccc32)cc1. The number of carbonyl (C=O) groups excluding carboxylic acids is 1. The van der Waals surface area contributed by atoms with Crippen LogP contribution in [0.15, 0.2) is 48.5 Å². The maximum atomic E-state index is 12.9. The van der Waals surface area contributed by atoms with Crippen LogP contribution in [0.4, 0.5) is 0 Å². The Balaban J connectivity index is 1.82. The summed E-state index contributed by atoms with van der Waals surface area (Å²) in [5.41, 5.74) is 3.87. The Labute approximate surface area is 165 Å². The molecule has 5 heteroatoms. The Bertz CT molecular complexity index is 852. The third-order valence-electron chi connectivity index (χ3n) is 5.11. The van der Waals surface area contributed by atoms with E-state index < -0.39 is 18.1 Å². The fourth-order valence-electron chi connectivity index (χ4n) is 3.50. The van der Waals surface area contributed by atoms with Crippen LogP contribution in [0.5, 0.6) is 0 Å². The normalized spacial score (nSPS) is 17.5. The Kier molecular flexibility index (Phi) is 5.84. The maximum absolute atomic E-state index is 12.9. The Morgan fingerprint density at radius 3 is 2.46 bits per heavy atom. The Morgan fingerprint density at radius 1 is 1.14 bits per heavy atom. The van der Waals surface area contributed by atoms with E-state index in [4.69, 9.17) is 4.74 Å². The number of ether oxygens (including phenoxy) is 1. The molecule has 0 aliphatic carbocycles. The lowest BCUT2D eigenvalue weighted by atomic mass is 9.86. The van der Waals surface area contributed by atoms with Gasteiger partial charge in [0.15, 0.2) is 6.10 Å². The third-order valence-corrected chi connectivity index (χ3v) is 5.11. The van der Waals surface area contributed by atoms with Crippen LogP contribution in [0.3, 0.4) is 0 Å². The number of carboxylic acids is 1. The molecule has 0 fully saturated rings. The summed E-state index contributed by atoms with van der Waals surface area (Å²) in [6.45, 7) is 6.84. The minimum absolute atomic E-state index is 0.00369. The summed E-state index contributed by atoms with van der Waals surface area (Å²) < 4.78 is 5.71. The lowest BCUT2D eigenvalue weighted by Crippen LogP contribution is -2.37. The van der Waals surface area contributed by atoms with Crippen molar-refractivity contribution < 1.29 is 19.4 Å². The number of hydrogen-bond donors (Lipinski definition) is 2. The molecule has 1 aliphatic heterocycles. The van der Waals surface area contributed by atoms with Gasteiger partial charge in [-0.05, 0) is 34.1 Å². The van der Waals surface area contributed by atoms with Crippen molar-refractivity contribution in [1.82, 2.24) is 5.32 Å². The third kappa shape index (κ3) is 4.60. The average Bonchev–Trinajstić information content (AvgIpc) is 2.66. The number of carbonyl (C=O) groups is 2. The van der Waals surface area contributed by atoms with Gasteiger partial charge in [0.05, 0.1) is 19.1 Å². The topological polar surface area (TPSA) is 75.6 Å². The number of carboxylic acid groups (broad SMARTS) is 1. The molecule has 2 aromatic carbocycles. The summed E-state index contributed by atoms with van der Waals surface area (Å²) >= 11 is 0. The minimum atomic E-state index is -0.963. The van der Waals surface area contributed by atoms with E-state index in [2.05, 4.69) is 26.1 Å². The molecule has 2 aromatic rings. The van der Waals surface area contributed by atoms with E-state index in [-0.39, 0.29) is 17.7 Å². The number of fused-ring (bicyclic) bond motifs is 1. The van der Waals surface area contributed by atoms with E-state index >= 15 is 0 Å². The molecule has 0 spiro atoms. The van der Waals surface area contributed by atoms with Gasteiger partial charge >= 0.3 is 5.97 Å². The standard InChI is InChI=1S/C23H27NO4/c1-23(2,3)17-10-8-16(9-11-17)19(14-20(25)26)24-22(27)21-18-7-5-4-6-15(18)12-13-28-21/h4-11,19,21H,12-14H2,1-3H3,(H,24,27)(H,25,26)/t19-,21+/m1/s1. The predicted octanol–water partition coefficient (Wildman–Crippen LogP) is 3.93. The molecule has 1 amide bonds. The van der Waals surface area contributed by atoms with Crippen LogP contribution in [0.25, 0.3) is 0 Å². The predicted molar refractivity (Wildman–Crippen MR) is 107 cm³/mol. The van der Waals surface area contributed by atoms with Gasteiger partial charge in [-0.1, -0.05) is 69.3 Å². The summed E-state index contributed by atoms with van der Waals surface area (Å²) in [6.07, 6.45) is -0.128. The molecule has 0 saturated heterocycles. The molecule has 0 aromatic heterocycles. The van der Waals surface area contributed by atoms with Gasteiger partial charge in [0.2, 0.25) is 0 Å². The molecular formula is C23H27NO4. The van der Waals surface area contributed by atoms with Crippen molar-refractivity contribution >= 4 is 11.9 Å². The first-order chi connectivity index (χ1) is 13.3. The molecule has 3 rings (SSSR count). The zero-order chi connectivity index (χ0) is 20.3. The van der Waals surface area contributed by atoms with Crippen LogP contribution in [0, 0.1) is 0 Å². The van der Waals surface area contributed by atoms with Gasteiger partial charge in [-0.3, -0.25) is 9.59 Å². The highest BCUT2D eigenvalue weighted by atomic mass is 16.5. The molecule has 2 N–H and O–H groups in total. The van der Waals surface area contributed by atoms with Crippen LogP contribution in [-0.2, 0) is 26.2 Å². The van der Waals surface area contributed by atoms with Crippen molar-refractivity contribution in [3.8, 4) is 0 Å². The molecule has 28 heavy (non-hydrogen) atoms. The summed E-state index contributed by atoms with van der Waals surface area (Å²) in [5, 5.41) is 12.2. The number of aliphatic carboxylic acids is 1. The number of rotatable bonds is 5. The fraction of sp³-hybridized carbons (Fsp3) is 0.391. The molecule has 1 aliphatic rings. The van der Waals surface area contributed by atoms with Gasteiger partial charge in [-0.15, -0.1) is 0 Å². The molecule has 1 heterocycles. The van der Waals surface area contributed by atoms with Crippen molar-refractivity contribution in [2.45, 2.75) is 51.2 Å². The van der Waals surface area contributed by atoms with Gasteiger partial charge in [0, 0.05) is 0 Å². The lowest BCUT2D eigenvalue weighted by Gasteiger charge is -2.27. The van der Waals surface area contributed by atoms with Crippen LogP contribution in [0.2, 0.25) is 0 Å². The van der Waals surface area contributed by atoms with E-state index in [9.17, 15) is 14.7 Å². The highest BCUT2D eigenvalue weighted by Gasteiger charge is 2.29. The van der Waals surface area contributed by atoms with Crippen molar-refractivity contribution in [2.24, 2.45) is 0 Å². The van der Waals surface area contributed by atoms with E-state index in [1.165, 1.54) is 0 Å². The van der Waals surface area contributed by atoms with Crippen molar-refractivity contribution in [3.63, 3.8) is 0 Å². The first kappa shape index (κ1) is 20.1. The van der Waals surface area contributed by atoms with E-state index in [1.54, 1.807) is 0 Å². The van der Waals surface area contributed by atoms with Gasteiger partial charge in [-0.25, -0.2) is 0 Å². The van der Waals surface area contributed by atoms with Crippen LogP contribution >= 0.6 is 0 Å². The Morgan fingerprint density at radius 2 is 1.82 bits per heavy atom. The quantitative estimate of drug-likeness (QED) is 0.823. The number of benzene rings is 2. The molecule has 0 saturated carbocycles. The first-order valence-electron chi connectivity index (χ1n) is 9.58. The first-order valence-corrected chi connectivity index (χ1v) is 9.58. The van der Waals surface area contributed by atoms with Crippen LogP contribution in [-0.4, -0.2) is 23.6 Å². The fourth-order valence-corrected chi connectivity index (χ4v) is 3.50. The highest BCUT2D eigenvalue weighted by molar-refractivity contribution is 5.84.